The van der Waals surface area contributed by atoms with E-state index in [1.807, 2.05) is 0 Å². The van der Waals surface area contributed by atoms with Crippen LogP contribution in [0, 0.1) is 11.6 Å². The molecule has 2 aromatic heterocycles. The predicted molar refractivity (Wildman–Crippen MR) is 89.6 cm³/mol. The summed E-state index contributed by atoms with van der Waals surface area (Å²) in [5.41, 5.74) is -0.705. The first-order valence-electron chi connectivity index (χ1n) is 7.77. The third-order valence-corrected chi connectivity index (χ3v) is 4.18. The molecule has 3 N–H and O–H groups in total. The number of H-pyrrole nitrogens is 1. The topological polar surface area (TPSA) is 105 Å². The number of rotatable bonds is 5. The Hall–Kier alpha value is -2.85. The second-order valence-corrected chi connectivity index (χ2v) is 5.87. The third kappa shape index (κ3) is 3.04. The summed E-state index contributed by atoms with van der Waals surface area (Å²) in [6.45, 7) is -0.436. The zero-order chi connectivity index (χ0) is 19.0. The number of nitrogens with one attached hydrogen (secondary N) is 2. The van der Waals surface area contributed by atoms with Crippen LogP contribution in [0.3, 0.4) is 0 Å². The maximum Gasteiger partial charge on any atom is 0.332 e. The highest BCUT2D eigenvalue weighted by molar-refractivity contribution is 5.69. The molecule has 1 unspecified atom stereocenters. The molecule has 3 rings (SSSR count). The lowest BCUT2D eigenvalue weighted by Crippen LogP contribution is -2.36. The number of aliphatic hydroxyl groups excluding tert-OH is 1. The summed E-state index contributed by atoms with van der Waals surface area (Å²) >= 11 is 0. The van der Waals surface area contributed by atoms with Gasteiger partial charge in [-0.3, -0.25) is 13.9 Å². The molecule has 8 nitrogen and oxygen atoms in total. The van der Waals surface area contributed by atoms with Crippen LogP contribution in [0.25, 0.3) is 11.2 Å². The van der Waals surface area contributed by atoms with Crippen molar-refractivity contribution in [3.63, 3.8) is 0 Å². The zero-order valence-electron chi connectivity index (χ0n) is 14.1. The van der Waals surface area contributed by atoms with E-state index in [4.69, 9.17) is 0 Å². The van der Waals surface area contributed by atoms with Gasteiger partial charge in [-0.2, -0.15) is 0 Å². The lowest BCUT2D eigenvalue weighted by molar-refractivity contribution is 0.239. The highest BCUT2D eigenvalue weighted by Crippen LogP contribution is 2.18. The fourth-order valence-electron chi connectivity index (χ4n) is 2.73. The molecule has 3 aromatic rings. The van der Waals surface area contributed by atoms with Crippen molar-refractivity contribution < 1.29 is 13.9 Å². The van der Waals surface area contributed by atoms with Crippen LogP contribution in [0.1, 0.15) is 17.4 Å². The Balaban J connectivity index is 1.90. The number of benzene rings is 1. The van der Waals surface area contributed by atoms with Gasteiger partial charge in [0.15, 0.2) is 5.65 Å². The molecule has 0 saturated carbocycles. The highest BCUT2D eigenvalue weighted by Gasteiger charge is 2.18. The average Bonchev–Trinajstić information content (AvgIpc) is 3.06. The van der Waals surface area contributed by atoms with Gasteiger partial charge in [-0.25, -0.2) is 18.6 Å². The molecule has 0 saturated heterocycles. The minimum Gasteiger partial charge on any atom is -0.394 e. The Morgan fingerprint density at radius 2 is 2.00 bits per heavy atom. The summed E-state index contributed by atoms with van der Waals surface area (Å²) in [4.78, 5) is 31.1. The molecule has 10 heteroatoms. The molecule has 0 aliphatic rings. The summed E-state index contributed by atoms with van der Waals surface area (Å²) in [5.74, 6) is -0.962. The number of aliphatic hydroxyl groups is 1. The van der Waals surface area contributed by atoms with Gasteiger partial charge in [0.05, 0.1) is 19.2 Å². The fraction of sp³-hybridized carbons (Fsp3) is 0.312. The number of fused-ring (bicyclic) bond motifs is 1. The van der Waals surface area contributed by atoms with Crippen molar-refractivity contribution in [2.24, 2.45) is 14.1 Å². The van der Waals surface area contributed by atoms with Crippen LogP contribution in [0.5, 0.6) is 0 Å². The first-order valence-corrected chi connectivity index (χ1v) is 7.77. The van der Waals surface area contributed by atoms with Crippen LogP contribution in [0.2, 0.25) is 0 Å². The second kappa shape index (κ2) is 6.81. The van der Waals surface area contributed by atoms with E-state index in [2.05, 4.69) is 15.3 Å². The van der Waals surface area contributed by atoms with Crippen molar-refractivity contribution in [3.8, 4) is 0 Å². The maximum atomic E-state index is 13.9. The third-order valence-electron chi connectivity index (χ3n) is 4.18. The Bertz CT molecular complexity index is 1090. The molecule has 0 aliphatic heterocycles. The first kappa shape index (κ1) is 18.0. The lowest BCUT2D eigenvalue weighted by Gasteiger charge is -2.16. The Morgan fingerprint density at radius 1 is 1.27 bits per heavy atom. The van der Waals surface area contributed by atoms with Gasteiger partial charge < -0.3 is 15.4 Å². The Kier molecular flexibility index (Phi) is 4.70. The first-order chi connectivity index (χ1) is 12.3. The number of imidazole rings is 1. The van der Waals surface area contributed by atoms with E-state index in [9.17, 15) is 23.5 Å². The maximum absolute atomic E-state index is 13.9. The van der Waals surface area contributed by atoms with E-state index in [-0.39, 0.29) is 23.3 Å². The molecule has 26 heavy (non-hydrogen) atoms. The average molecular weight is 365 g/mol. The highest BCUT2D eigenvalue weighted by atomic mass is 19.1. The minimum atomic E-state index is -0.870. The molecule has 0 spiro atoms. The Morgan fingerprint density at radius 3 is 2.69 bits per heavy atom. The van der Waals surface area contributed by atoms with Gasteiger partial charge in [-0.15, -0.1) is 0 Å². The van der Waals surface area contributed by atoms with Crippen LogP contribution in [-0.2, 0) is 20.6 Å². The van der Waals surface area contributed by atoms with Crippen molar-refractivity contribution in [1.29, 1.82) is 0 Å². The quantitative estimate of drug-likeness (QED) is 0.593. The summed E-state index contributed by atoms with van der Waals surface area (Å²) in [5, 5.41) is 12.3. The van der Waals surface area contributed by atoms with Crippen molar-refractivity contribution >= 4 is 11.2 Å². The largest absolute Gasteiger partial charge is 0.394 e. The molecule has 138 valence electrons. The normalized spacial score (nSPS) is 12.7. The summed E-state index contributed by atoms with van der Waals surface area (Å²) in [6.07, 6.45) is 0. The van der Waals surface area contributed by atoms with E-state index in [1.54, 1.807) is 0 Å². The Labute approximate surface area is 145 Å². The number of halogens is 2. The van der Waals surface area contributed by atoms with Crippen LogP contribution in [0.4, 0.5) is 8.78 Å². The van der Waals surface area contributed by atoms with Crippen LogP contribution in [-0.4, -0.2) is 30.8 Å². The van der Waals surface area contributed by atoms with Gasteiger partial charge in [0, 0.05) is 19.7 Å². The molecule has 0 amide bonds. The molecule has 0 radical (unpaired) electrons. The van der Waals surface area contributed by atoms with E-state index < -0.39 is 35.5 Å². The smallest absolute Gasteiger partial charge is 0.332 e. The molecule has 1 aromatic carbocycles. The lowest BCUT2D eigenvalue weighted by atomic mass is 10.1. The van der Waals surface area contributed by atoms with E-state index in [0.29, 0.717) is 5.82 Å². The summed E-state index contributed by atoms with van der Waals surface area (Å²) in [7, 11) is 2.85. The van der Waals surface area contributed by atoms with Gasteiger partial charge in [0.25, 0.3) is 5.56 Å². The van der Waals surface area contributed by atoms with Gasteiger partial charge in [-0.1, -0.05) is 0 Å². The van der Waals surface area contributed by atoms with Crippen LogP contribution < -0.4 is 16.6 Å². The molecule has 0 fully saturated rings. The van der Waals surface area contributed by atoms with Crippen molar-refractivity contribution in [3.05, 3.63) is 62.1 Å². The minimum absolute atomic E-state index is 0.0214. The second-order valence-electron chi connectivity index (χ2n) is 5.87. The molecule has 2 heterocycles. The number of hydrogen-bond donors (Lipinski definition) is 3. The van der Waals surface area contributed by atoms with E-state index in [0.717, 1.165) is 22.8 Å². The number of hydrogen-bond acceptors (Lipinski definition) is 5. The van der Waals surface area contributed by atoms with Crippen LogP contribution in [0.15, 0.2) is 27.8 Å². The number of aromatic amines is 1. The zero-order valence-corrected chi connectivity index (χ0v) is 14.1. The van der Waals surface area contributed by atoms with Gasteiger partial charge >= 0.3 is 5.69 Å². The molecule has 1 atom stereocenters. The SMILES string of the molecule is Cn1c(=O)c2[nH]c(CNC(CO)c3cc(F)ccc3F)nc2n(C)c1=O. The monoisotopic (exact) mass is 365 g/mol. The number of aromatic nitrogens is 4. The summed E-state index contributed by atoms with van der Waals surface area (Å²) in [6, 6.07) is 2.10. The van der Waals surface area contributed by atoms with Crippen LogP contribution >= 0.6 is 0 Å². The van der Waals surface area contributed by atoms with Crippen molar-refractivity contribution in [2.75, 3.05) is 6.61 Å². The molecule has 0 bridgehead atoms. The summed E-state index contributed by atoms with van der Waals surface area (Å²) < 4.78 is 29.4. The van der Waals surface area contributed by atoms with E-state index >= 15 is 0 Å². The predicted octanol–water partition coefficient (Wildman–Crippen LogP) is 0.0617. The number of aryl methyl sites for hydroxylation is 1. The van der Waals surface area contributed by atoms with Gasteiger partial charge in [0.1, 0.15) is 23.0 Å². The standard InChI is InChI=1S/C16H17F2N5O3/c1-22-14-13(15(25)23(2)16(22)26)20-12(21-14)6-19-11(7-24)9-5-8(17)3-4-10(9)18/h3-5,11,19,24H,6-7H2,1-2H3,(H,20,21). The van der Waals surface area contributed by atoms with Gasteiger partial charge in [-0.05, 0) is 18.2 Å². The molecular weight excluding hydrogens is 348 g/mol. The number of nitrogens with zero attached hydrogens (tertiary/aromatic N) is 3. The molecule has 0 aliphatic carbocycles. The van der Waals surface area contributed by atoms with E-state index in [1.165, 1.54) is 18.7 Å². The van der Waals surface area contributed by atoms with Crippen molar-refractivity contribution in [1.82, 2.24) is 24.4 Å². The van der Waals surface area contributed by atoms with Gasteiger partial charge in [0.2, 0.25) is 0 Å². The van der Waals surface area contributed by atoms with Crippen molar-refractivity contribution in [2.45, 2.75) is 12.6 Å². The molecular formula is C16H17F2N5O3. The fourth-order valence-corrected chi connectivity index (χ4v) is 2.73.